The van der Waals surface area contributed by atoms with Gasteiger partial charge in [-0.1, -0.05) is 12.2 Å². The van der Waals surface area contributed by atoms with Gasteiger partial charge in [-0.15, -0.1) is 0 Å². The summed E-state index contributed by atoms with van der Waals surface area (Å²) >= 11 is 0. The third kappa shape index (κ3) is 0.759. The third-order valence-electron chi connectivity index (χ3n) is 3.13. The number of hydrogen-bond acceptors (Lipinski definition) is 3. The van der Waals surface area contributed by atoms with E-state index >= 15 is 0 Å². The molecule has 3 rings (SSSR count). The van der Waals surface area contributed by atoms with Gasteiger partial charge in [0.05, 0.1) is 0 Å². The highest BCUT2D eigenvalue weighted by atomic mass is 16.4. The minimum Gasteiger partial charge on any atom is -0.480 e. The summed E-state index contributed by atoms with van der Waals surface area (Å²) in [7, 11) is 0. The maximum absolute atomic E-state index is 10.9. The maximum atomic E-state index is 10.9. The molecule has 3 N–H and O–H groups in total. The van der Waals surface area contributed by atoms with Crippen LogP contribution in [0.15, 0.2) is 23.4 Å². The van der Waals surface area contributed by atoms with E-state index in [1.807, 2.05) is 0 Å². The van der Waals surface area contributed by atoms with Crippen molar-refractivity contribution in [2.75, 3.05) is 0 Å². The molecule has 0 amide bonds. The van der Waals surface area contributed by atoms with Crippen LogP contribution in [-0.2, 0) is 4.79 Å². The molecule has 1 saturated heterocycles. The standard InChI is InChI=1S/C9H10N2O2/c12-9(13)8-6-4-1-2-5(3-4)7(6)10-11-8/h1-2,4,6,8,10-11H,3H2,(H,12,13). The second-order valence-corrected chi connectivity index (χ2v) is 3.78. The molecule has 0 radical (unpaired) electrons. The maximum Gasteiger partial charge on any atom is 0.323 e. The number of carboxylic acid groups (broad SMARTS) is 1. The molecule has 4 heteroatoms. The van der Waals surface area contributed by atoms with Gasteiger partial charge >= 0.3 is 5.97 Å². The molecule has 3 unspecified atom stereocenters. The minimum atomic E-state index is -0.769. The van der Waals surface area contributed by atoms with Crippen LogP contribution in [0.2, 0.25) is 0 Å². The van der Waals surface area contributed by atoms with E-state index in [-0.39, 0.29) is 5.92 Å². The topological polar surface area (TPSA) is 61.4 Å². The molecule has 0 saturated carbocycles. The van der Waals surface area contributed by atoms with Gasteiger partial charge in [-0.05, 0) is 17.9 Å². The molecular weight excluding hydrogens is 168 g/mol. The van der Waals surface area contributed by atoms with Gasteiger partial charge in [0, 0.05) is 11.6 Å². The van der Waals surface area contributed by atoms with Crippen molar-refractivity contribution in [1.82, 2.24) is 10.9 Å². The highest BCUT2D eigenvalue weighted by Crippen LogP contribution is 2.45. The Morgan fingerprint density at radius 1 is 1.62 bits per heavy atom. The summed E-state index contributed by atoms with van der Waals surface area (Å²) < 4.78 is 0. The Morgan fingerprint density at radius 3 is 3.23 bits per heavy atom. The van der Waals surface area contributed by atoms with Crippen molar-refractivity contribution in [1.29, 1.82) is 0 Å². The smallest absolute Gasteiger partial charge is 0.323 e. The fraction of sp³-hybridized carbons (Fsp3) is 0.444. The van der Waals surface area contributed by atoms with Crippen molar-refractivity contribution in [3.8, 4) is 0 Å². The average Bonchev–Trinajstić information content (AvgIpc) is 2.76. The number of allylic oxidation sites excluding steroid dienone is 3. The first-order chi connectivity index (χ1) is 6.27. The number of carbonyl (C=O) groups is 1. The minimum absolute atomic E-state index is 0.137. The predicted octanol–water partition coefficient (Wildman–Crippen LogP) is 0.00740. The highest BCUT2D eigenvalue weighted by Gasteiger charge is 2.47. The normalized spacial score (nSPS) is 39.5. The van der Waals surface area contributed by atoms with Gasteiger partial charge in [-0.2, -0.15) is 0 Å². The van der Waals surface area contributed by atoms with Crippen LogP contribution < -0.4 is 10.9 Å². The lowest BCUT2D eigenvalue weighted by Crippen LogP contribution is -2.40. The summed E-state index contributed by atoms with van der Waals surface area (Å²) in [6.45, 7) is 0. The molecule has 1 fully saturated rings. The van der Waals surface area contributed by atoms with Crippen molar-refractivity contribution >= 4 is 5.97 Å². The Balaban J connectivity index is 2.00. The number of nitrogens with one attached hydrogen (secondary N) is 2. The summed E-state index contributed by atoms with van der Waals surface area (Å²) in [6.07, 6.45) is 5.22. The molecule has 1 aliphatic heterocycles. The number of hydrazine groups is 1. The zero-order valence-corrected chi connectivity index (χ0v) is 6.95. The van der Waals surface area contributed by atoms with Crippen LogP contribution in [-0.4, -0.2) is 17.1 Å². The van der Waals surface area contributed by atoms with E-state index in [0.717, 1.165) is 12.1 Å². The summed E-state index contributed by atoms with van der Waals surface area (Å²) in [5.74, 6) is -0.236. The molecule has 4 nitrogen and oxygen atoms in total. The van der Waals surface area contributed by atoms with Crippen LogP contribution in [0.4, 0.5) is 0 Å². The van der Waals surface area contributed by atoms with Crippen LogP contribution >= 0.6 is 0 Å². The Hall–Kier alpha value is -1.29. The summed E-state index contributed by atoms with van der Waals surface area (Å²) in [6, 6.07) is -0.456. The fourth-order valence-corrected chi connectivity index (χ4v) is 2.54. The largest absolute Gasteiger partial charge is 0.480 e. The van der Waals surface area contributed by atoms with Gasteiger partial charge in [-0.25, -0.2) is 5.43 Å². The van der Waals surface area contributed by atoms with Gasteiger partial charge in [0.15, 0.2) is 0 Å². The predicted molar refractivity (Wildman–Crippen MR) is 45.5 cm³/mol. The molecule has 3 aliphatic rings. The van der Waals surface area contributed by atoms with Crippen LogP contribution in [0.1, 0.15) is 6.42 Å². The second kappa shape index (κ2) is 2.14. The lowest BCUT2D eigenvalue weighted by Gasteiger charge is -2.16. The van der Waals surface area contributed by atoms with E-state index in [1.165, 1.54) is 5.57 Å². The first kappa shape index (κ1) is 7.15. The van der Waals surface area contributed by atoms with Crippen molar-refractivity contribution < 1.29 is 9.90 Å². The second-order valence-electron chi connectivity index (χ2n) is 3.78. The SMILES string of the molecule is O=C(O)C1NNC2=C3C=CC(C3)C21. The summed E-state index contributed by atoms with van der Waals surface area (Å²) in [5, 5.41) is 8.94. The van der Waals surface area contributed by atoms with Gasteiger partial charge in [0.1, 0.15) is 6.04 Å². The van der Waals surface area contributed by atoms with Gasteiger partial charge in [-0.3, -0.25) is 4.79 Å². The quantitative estimate of drug-likeness (QED) is 0.529. The highest BCUT2D eigenvalue weighted by molar-refractivity contribution is 5.76. The van der Waals surface area contributed by atoms with E-state index in [9.17, 15) is 4.79 Å². The van der Waals surface area contributed by atoms with E-state index in [1.54, 1.807) is 0 Å². The number of carboxylic acids is 1. The molecule has 3 atom stereocenters. The molecule has 13 heavy (non-hydrogen) atoms. The first-order valence-corrected chi connectivity index (χ1v) is 4.43. The Morgan fingerprint density at radius 2 is 2.46 bits per heavy atom. The Kier molecular flexibility index (Phi) is 1.18. The monoisotopic (exact) mass is 178 g/mol. The summed E-state index contributed by atoms with van der Waals surface area (Å²) in [4.78, 5) is 10.9. The molecule has 0 aromatic rings. The van der Waals surface area contributed by atoms with E-state index in [4.69, 9.17) is 5.11 Å². The molecule has 1 heterocycles. The van der Waals surface area contributed by atoms with E-state index in [2.05, 4.69) is 23.0 Å². The van der Waals surface area contributed by atoms with Crippen molar-refractivity contribution in [2.24, 2.45) is 11.8 Å². The van der Waals surface area contributed by atoms with Gasteiger partial charge in [0.25, 0.3) is 0 Å². The number of fused-ring (bicyclic) bond motifs is 4. The number of aliphatic carboxylic acids is 1. The molecule has 2 aliphatic carbocycles. The van der Waals surface area contributed by atoms with E-state index in [0.29, 0.717) is 5.92 Å². The molecule has 0 aromatic heterocycles. The Bertz CT molecular complexity index is 346. The van der Waals surface area contributed by atoms with Crippen LogP contribution in [0.3, 0.4) is 0 Å². The van der Waals surface area contributed by atoms with E-state index < -0.39 is 12.0 Å². The fourth-order valence-electron chi connectivity index (χ4n) is 2.54. The van der Waals surface area contributed by atoms with Gasteiger partial charge in [0.2, 0.25) is 0 Å². The van der Waals surface area contributed by atoms with Gasteiger partial charge < -0.3 is 10.5 Å². The van der Waals surface area contributed by atoms with Crippen molar-refractivity contribution in [3.05, 3.63) is 23.4 Å². The van der Waals surface area contributed by atoms with Crippen molar-refractivity contribution in [2.45, 2.75) is 12.5 Å². The zero-order valence-electron chi connectivity index (χ0n) is 6.95. The Labute approximate surface area is 75.3 Å². The first-order valence-electron chi connectivity index (χ1n) is 4.43. The van der Waals surface area contributed by atoms with Crippen LogP contribution in [0.25, 0.3) is 0 Å². The molecule has 0 spiro atoms. The lowest BCUT2D eigenvalue weighted by atomic mass is 9.88. The molecule has 0 aromatic carbocycles. The lowest BCUT2D eigenvalue weighted by molar-refractivity contribution is -0.140. The summed E-state index contributed by atoms with van der Waals surface area (Å²) in [5.41, 5.74) is 8.16. The zero-order chi connectivity index (χ0) is 9.00. The van der Waals surface area contributed by atoms with Crippen LogP contribution in [0, 0.1) is 11.8 Å². The molecule has 2 bridgehead atoms. The third-order valence-corrected chi connectivity index (χ3v) is 3.13. The number of hydrogen-bond donors (Lipinski definition) is 3. The average molecular weight is 178 g/mol. The number of rotatable bonds is 1. The molecular formula is C9H10N2O2. The van der Waals surface area contributed by atoms with Crippen LogP contribution in [0.5, 0.6) is 0 Å². The van der Waals surface area contributed by atoms with Crippen molar-refractivity contribution in [3.63, 3.8) is 0 Å². The molecule has 68 valence electrons.